The number of likely N-dealkylation sites (tertiary alicyclic amines) is 1. The van der Waals surface area contributed by atoms with E-state index in [0.717, 1.165) is 12.8 Å². The van der Waals surface area contributed by atoms with Crippen molar-refractivity contribution in [2.24, 2.45) is 11.8 Å². The van der Waals surface area contributed by atoms with Crippen LogP contribution in [0, 0.1) is 11.8 Å². The zero-order valence-corrected chi connectivity index (χ0v) is 15.0. The Morgan fingerprint density at radius 1 is 1.21 bits per heavy atom. The third-order valence-corrected chi connectivity index (χ3v) is 4.00. The standard InChI is InChI=1S/C17H29NO6/c1-5-23-15(21)13(14(19)20)7-6-12-8-10-18(11-9-12)16(22)24-17(2,3)4/h12-13H,5-11H2,1-4H3,(H,19,20)/t13-/m0/s1. The van der Waals surface area contributed by atoms with Crippen LogP contribution in [0.5, 0.6) is 0 Å². The average Bonchev–Trinajstić information content (AvgIpc) is 2.46. The Hall–Kier alpha value is -1.79. The fourth-order valence-electron chi connectivity index (χ4n) is 2.72. The molecule has 138 valence electrons. The molecule has 0 aromatic rings. The summed E-state index contributed by atoms with van der Waals surface area (Å²) in [5.74, 6) is -2.61. The first kappa shape index (κ1) is 20.3. The van der Waals surface area contributed by atoms with E-state index in [9.17, 15) is 14.4 Å². The van der Waals surface area contributed by atoms with E-state index in [0.29, 0.717) is 25.4 Å². The van der Waals surface area contributed by atoms with Gasteiger partial charge in [-0.1, -0.05) is 0 Å². The number of hydrogen-bond acceptors (Lipinski definition) is 5. The maximum absolute atomic E-state index is 12.0. The quantitative estimate of drug-likeness (QED) is 0.589. The first-order chi connectivity index (χ1) is 11.1. The zero-order valence-electron chi connectivity index (χ0n) is 15.0. The molecule has 0 aromatic carbocycles. The number of carboxylic acids is 1. The molecule has 1 rings (SSSR count). The second-order valence-electron chi connectivity index (χ2n) is 7.13. The van der Waals surface area contributed by atoms with Crippen LogP contribution in [0.25, 0.3) is 0 Å². The highest BCUT2D eigenvalue weighted by Crippen LogP contribution is 2.25. The van der Waals surface area contributed by atoms with Crippen molar-refractivity contribution >= 4 is 18.0 Å². The molecule has 0 spiro atoms. The lowest BCUT2D eigenvalue weighted by Crippen LogP contribution is -2.41. The van der Waals surface area contributed by atoms with Gasteiger partial charge in [0.2, 0.25) is 0 Å². The Balaban J connectivity index is 2.41. The van der Waals surface area contributed by atoms with Gasteiger partial charge in [0.15, 0.2) is 5.92 Å². The number of nitrogens with zero attached hydrogens (tertiary/aromatic N) is 1. The van der Waals surface area contributed by atoms with Gasteiger partial charge in [-0.05, 0) is 59.3 Å². The Labute approximate surface area is 143 Å². The maximum atomic E-state index is 12.0. The molecule has 1 heterocycles. The van der Waals surface area contributed by atoms with Crippen molar-refractivity contribution < 1.29 is 29.0 Å². The molecule has 1 atom stereocenters. The summed E-state index contributed by atoms with van der Waals surface area (Å²) in [6.07, 6.45) is 2.17. The molecular formula is C17H29NO6. The van der Waals surface area contributed by atoms with Crippen LogP contribution >= 0.6 is 0 Å². The molecule has 1 fully saturated rings. The van der Waals surface area contributed by atoms with Crippen LogP contribution in [0.3, 0.4) is 0 Å². The zero-order chi connectivity index (χ0) is 18.3. The topological polar surface area (TPSA) is 93.1 Å². The molecule has 7 nitrogen and oxygen atoms in total. The van der Waals surface area contributed by atoms with E-state index < -0.39 is 23.5 Å². The molecule has 24 heavy (non-hydrogen) atoms. The molecule has 0 bridgehead atoms. The maximum Gasteiger partial charge on any atom is 0.410 e. The van der Waals surface area contributed by atoms with Crippen molar-refractivity contribution in [3.05, 3.63) is 0 Å². The van der Waals surface area contributed by atoms with Crippen molar-refractivity contribution in [1.82, 2.24) is 4.90 Å². The predicted octanol–water partition coefficient (Wildman–Crippen LogP) is 2.68. The number of carboxylic acid groups (broad SMARTS) is 1. The SMILES string of the molecule is CCOC(=O)[C@@H](CCC1CCN(C(=O)OC(C)(C)C)CC1)C(=O)O. The molecule has 0 unspecified atom stereocenters. The number of hydrogen-bond donors (Lipinski definition) is 1. The molecule has 7 heteroatoms. The molecular weight excluding hydrogens is 314 g/mol. The van der Waals surface area contributed by atoms with E-state index in [-0.39, 0.29) is 19.1 Å². The minimum atomic E-state index is -1.14. The summed E-state index contributed by atoms with van der Waals surface area (Å²) in [7, 11) is 0. The minimum Gasteiger partial charge on any atom is -0.481 e. The highest BCUT2D eigenvalue weighted by Gasteiger charge is 2.31. The molecule has 1 saturated heterocycles. The first-order valence-electron chi connectivity index (χ1n) is 8.51. The van der Waals surface area contributed by atoms with Crippen molar-refractivity contribution in [3.63, 3.8) is 0 Å². The summed E-state index contributed by atoms with van der Waals surface area (Å²) in [6.45, 7) is 8.52. The molecule has 1 amide bonds. The van der Waals surface area contributed by atoms with Gasteiger partial charge >= 0.3 is 18.0 Å². The summed E-state index contributed by atoms with van der Waals surface area (Å²) < 4.78 is 10.2. The summed E-state index contributed by atoms with van der Waals surface area (Å²) in [5.41, 5.74) is -0.512. The number of amides is 1. The summed E-state index contributed by atoms with van der Waals surface area (Å²) in [4.78, 5) is 36.5. The van der Waals surface area contributed by atoms with Gasteiger partial charge in [-0.3, -0.25) is 9.59 Å². The minimum absolute atomic E-state index is 0.177. The van der Waals surface area contributed by atoms with Gasteiger partial charge in [-0.15, -0.1) is 0 Å². The van der Waals surface area contributed by atoms with E-state index in [2.05, 4.69) is 0 Å². The van der Waals surface area contributed by atoms with Gasteiger partial charge < -0.3 is 19.5 Å². The van der Waals surface area contributed by atoms with Crippen LogP contribution in [0.4, 0.5) is 4.79 Å². The number of piperidine rings is 1. The molecule has 1 aliphatic rings. The van der Waals surface area contributed by atoms with Crippen molar-refractivity contribution in [2.75, 3.05) is 19.7 Å². The number of carbonyl (C=O) groups excluding carboxylic acids is 2. The molecule has 0 aliphatic carbocycles. The lowest BCUT2D eigenvalue weighted by atomic mass is 9.89. The highest BCUT2D eigenvalue weighted by molar-refractivity contribution is 5.93. The first-order valence-corrected chi connectivity index (χ1v) is 8.51. The number of aliphatic carboxylic acids is 1. The second kappa shape index (κ2) is 8.89. The van der Waals surface area contributed by atoms with Gasteiger partial charge in [0.05, 0.1) is 6.61 Å². The fraction of sp³-hybridized carbons (Fsp3) is 0.824. The van der Waals surface area contributed by atoms with Crippen LogP contribution in [0.1, 0.15) is 53.4 Å². The number of carbonyl (C=O) groups is 3. The third-order valence-electron chi connectivity index (χ3n) is 4.00. The monoisotopic (exact) mass is 343 g/mol. The van der Waals surface area contributed by atoms with Crippen LogP contribution in [-0.4, -0.2) is 53.3 Å². The molecule has 0 saturated carbocycles. The molecule has 0 radical (unpaired) electrons. The normalized spacial score (nSPS) is 17.2. The van der Waals surface area contributed by atoms with E-state index in [1.54, 1.807) is 11.8 Å². The van der Waals surface area contributed by atoms with Crippen molar-refractivity contribution in [1.29, 1.82) is 0 Å². The van der Waals surface area contributed by atoms with Crippen LogP contribution in [0.15, 0.2) is 0 Å². The van der Waals surface area contributed by atoms with Gasteiger partial charge in [-0.2, -0.15) is 0 Å². The number of rotatable bonds is 6. The molecule has 1 N–H and O–H groups in total. The van der Waals surface area contributed by atoms with Gasteiger partial charge in [0, 0.05) is 13.1 Å². The van der Waals surface area contributed by atoms with Crippen molar-refractivity contribution in [3.8, 4) is 0 Å². The van der Waals surface area contributed by atoms with Crippen LogP contribution in [0.2, 0.25) is 0 Å². The highest BCUT2D eigenvalue weighted by atomic mass is 16.6. The third kappa shape index (κ3) is 6.76. The Morgan fingerprint density at radius 2 is 1.79 bits per heavy atom. The molecule has 0 aromatic heterocycles. The van der Waals surface area contributed by atoms with Crippen LogP contribution < -0.4 is 0 Å². The lowest BCUT2D eigenvalue weighted by Gasteiger charge is -2.33. The van der Waals surface area contributed by atoms with E-state index in [1.165, 1.54) is 0 Å². The average molecular weight is 343 g/mol. The summed E-state index contributed by atoms with van der Waals surface area (Å²) in [5, 5.41) is 9.15. The van der Waals surface area contributed by atoms with E-state index in [4.69, 9.17) is 14.6 Å². The van der Waals surface area contributed by atoms with Crippen LogP contribution in [-0.2, 0) is 19.1 Å². The number of ether oxygens (including phenoxy) is 2. The second-order valence-corrected chi connectivity index (χ2v) is 7.13. The summed E-state index contributed by atoms with van der Waals surface area (Å²) >= 11 is 0. The van der Waals surface area contributed by atoms with E-state index in [1.807, 2.05) is 20.8 Å². The Bertz CT molecular complexity index is 448. The lowest BCUT2D eigenvalue weighted by molar-refractivity contribution is -0.158. The predicted molar refractivity (Wildman–Crippen MR) is 87.5 cm³/mol. The van der Waals surface area contributed by atoms with Gasteiger partial charge in [0.1, 0.15) is 5.60 Å². The number of esters is 1. The van der Waals surface area contributed by atoms with Gasteiger partial charge in [0.25, 0.3) is 0 Å². The summed E-state index contributed by atoms with van der Waals surface area (Å²) in [6, 6.07) is 0. The Kier molecular flexibility index (Phi) is 7.51. The Morgan fingerprint density at radius 3 is 2.25 bits per heavy atom. The van der Waals surface area contributed by atoms with E-state index >= 15 is 0 Å². The van der Waals surface area contributed by atoms with Crippen molar-refractivity contribution in [2.45, 2.75) is 59.0 Å². The largest absolute Gasteiger partial charge is 0.481 e. The van der Waals surface area contributed by atoms with Gasteiger partial charge in [-0.25, -0.2) is 4.79 Å². The molecule has 1 aliphatic heterocycles. The smallest absolute Gasteiger partial charge is 0.410 e. The fourth-order valence-corrected chi connectivity index (χ4v) is 2.72.